The third-order valence-electron chi connectivity index (χ3n) is 1.63. The Morgan fingerprint density at radius 1 is 1.67 bits per heavy atom. The van der Waals surface area contributed by atoms with Gasteiger partial charge in [0.05, 0.1) is 25.3 Å². The van der Waals surface area contributed by atoms with Crippen LogP contribution in [-0.2, 0) is 14.2 Å². The predicted octanol–water partition coefficient (Wildman–Crippen LogP) is 1.68. The number of hydrogen-bond acceptors (Lipinski definition) is 8. The average Bonchev–Trinajstić information content (AvgIpc) is 2.37. The van der Waals surface area contributed by atoms with Crippen LogP contribution in [-0.4, -0.2) is 32.7 Å². The maximum absolute atomic E-state index is 11.4. The largest absolute Gasteiger partial charge is 0.479 e. The van der Waals surface area contributed by atoms with Gasteiger partial charge in [-0.25, -0.2) is 10.2 Å². The van der Waals surface area contributed by atoms with Crippen LogP contribution in [0.25, 0.3) is 0 Å². The first-order valence-electron chi connectivity index (χ1n) is 4.63. The molecule has 1 rings (SSSR count). The number of rotatable bonds is 7. The zero-order valence-corrected chi connectivity index (χ0v) is 12.2. The summed E-state index contributed by atoms with van der Waals surface area (Å²) in [7, 11) is 1.39. The number of carbonyl (C=O) groups is 1. The number of nitrogens with one attached hydrogen (secondary N) is 1. The van der Waals surface area contributed by atoms with Gasteiger partial charge in [-0.2, -0.15) is 4.98 Å². The molecule has 0 fully saturated rings. The Balaban J connectivity index is 2.74. The molecule has 10 heteroatoms. The number of aromatic nitrogens is 2. The van der Waals surface area contributed by atoms with Gasteiger partial charge in [-0.15, -0.1) is 4.33 Å². The topological polar surface area (TPSA) is 103 Å². The van der Waals surface area contributed by atoms with Crippen molar-refractivity contribution in [3.8, 4) is 5.88 Å². The highest BCUT2D eigenvalue weighted by Gasteiger charge is 2.11. The lowest BCUT2D eigenvalue weighted by Gasteiger charge is -2.07. The van der Waals surface area contributed by atoms with Crippen molar-refractivity contribution in [3.63, 3.8) is 0 Å². The lowest BCUT2D eigenvalue weighted by molar-refractivity contribution is -0.432. The van der Waals surface area contributed by atoms with Gasteiger partial charge >= 0.3 is 0 Å². The van der Waals surface area contributed by atoms with E-state index >= 15 is 0 Å². The molecule has 0 saturated heterocycles. The molecule has 0 aliphatic carbocycles. The maximum atomic E-state index is 11.4. The fraction of sp³-hybridized carbons (Fsp3) is 0.375. The van der Waals surface area contributed by atoms with Crippen LogP contribution >= 0.6 is 34.6 Å². The molecule has 1 amide bonds. The molecule has 100 valence electrons. The van der Waals surface area contributed by atoms with Crippen LogP contribution in [0.1, 0.15) is 6.42 Å². The van der Waals surface area contributed by atoms with Crippen LogP contribution in [0.4, 0.5) is 5.82 Å². The van der Waals surface area contributed by atoms with E-state index in [9.17, 15) is 4.79 Å². The van der Waals surface area contributed by atoms with E-state index in [4.69, 9.17) is 9.99 Å². The van der Waals surface area contributed by atoms with Gasteiger partial charge in [0, 0.05) is 10.8 Å². The molecule has 0 aliphatic rings. The number of hydrogen-bond donors (Lipinski definition) is 2. The fourth-order valence-electron chi connectivity index (χ4n) is 0.950. The highest BCUT2D eigenvalue weighted by Crippen LogP contribution is 2.26. The van der Waals surface area contributed by atoms with E-state index in [1.165, 1.54) is 13.3 Å². The molecule has 1 heterocycles. The molecule has 0 saturated carbocycles. The third-order valence-corrected chi connectivity index (χ3v) is 2.74. The Kier molecular flexibility index (Phi) is 7.19. The number of carbonyl (C=O) groups excluding carboxylic acids is 1. The highest BCUT2D eigenvalue weighted by molar-refractivity contribution is 14.1. The highest BCUT2D eigenvalue weighted by atomic mass is 127. The third kappa shape index (κ3) is 4.89. The predicted molar refractivity (Wildman–Crippen MR) is 71.4 cm³/mol. The lowest BCUT2D eigenvalue weighted by atomic mass is 10.4. The Hall–Kier alpha value is -0.690. The summed E-state index contributed by atoms with van der Waals surface area (Å²) < 4.78 is 9.90. The zero-order chi connectivity index (χ0) is 13.4. The van der Waals surface area contributed by atoms with Crippen molar-refractivity contribution in [2.24, 2.45) is 0 Å². The Labute approximate surface area is 121 Å². The lowest BCUT2D eigenvalue weighted by Crippen LogP contribution is -2.13. The van der Waals surface area contributed by atoms with Gasteiger partial charge in [-0.05, 0) is 0 Å². The normalized spacial score (nSPS) is 10.2. The number of halogens is 1. The molecule has 0 unspecified atom stereocenters. The summed E-state index contributed by atoms with van der Waals surface area (Å²) >= 11 is 2.73. The van der Waals surface area contributed by atoms with Gasteiger partial charge in [-0.1, -0.05) is 27.6 Å². The van der Waals surface area contributed by atoms with E-state index in [1.807, 2.05) is 0 Å². The van der Waals surface area contributed by atoms with Crippen LogP contribution in [0.3, 0.4) is 0 Å². The van der Waals surface area contributed by atoms with E-state index in [1.54, 1.807) is 0 Å². The van der Waals surface area contributed by atoms with Crippen LogP contribution in [0.2, 0.25) is 0 Å². The number of amides is 1. The first-order valence-corrected chi connectivity index (χ1v) is 6.89. The second-order valence-electron chi connectivity index (χ2n) is 2.78. The molecule has 0 aromatic carbocycles. The summed E-state index contributed by atoms with van der Waals surface area (Å²) in [5, 5.41) is 14.3. The van der Waals surface area contributed by atoms with Gasteiger partial charge in [0.15, 0.2) is 10.8 Å². The minimum Gasteiger partial charge on any atom is -0.479 e. The molecule has 8 nitrogen and oxygen atoms in total. The summed E-state index contributed by atoms with van der Waals surface area (Å²) in [6, 6.07) is 0. The Morgan fingerprint density at radius 2 is 2.44 bits per heavy atom. The average molecular weight is 387 g/mol. The Bertz CT molecular complexity index is 408. The molecule has 2 N–H and O–H groups in total. The van der Waals surface area contributed by atoms with Crippen LogP contribution in [0.15, 0.2) is 11.2 Å². The molecule has 0 atom stereocenters. The van der Waals surface area contributed by atoms with Gasteiger partial charge < -0.3 is 10.1 Å². The molecule has 0 radical (unpaired) electrons. The molecular formula is C8H10IN3O5S. The number of nitrogens with zero attached hydrogens (tertiary/aromatic N) is 2. The minimum atomic E-state index is -0.156. The number of methoxy groups -OCH3 is 1. The smallest absolute Gasteiger partial charge is 0.251 e. The van der Waals surface area contributed by atoms with Crippen LogP contribution in [0, 0.1) is 0 Å². The molecule has 0 aliphatic heterocycles. The van der Waals surface area contributed by atoms with Crippen molar-refractivity contribution < 1.29 is 24.2 Å². The zero-order valence-electron chi connectivity index (χ0n) is 9.25. The molecule has 1 aromatic rings. The van der Waals surface area contributed by atoms with E-state index < -0.39 is 0 Å². The van der Waals surface area contributed by atoms with Crippen LogP contribution in [0.5, 0.6) is 5.88 Å². The van der Waals surface area contributed by atoms with Crippen LogP contribution < -0.4 is 10.1 Å². The van der Waals surface area contributed by atoms with E-state index in [-0.39, 0.29) is 22.6 Å². The van der Waals surface area contributed by atoms with Gasteiger partial charge in [0.25, 0.3) is 5.88 Å². The number of alkyl halides is 1. The first-order chi connectivity index (χ1) is 8.71. The summed E-state index contributed by atoms with van der Waals surface area (Å²) in [4.78, 5) is 19.3. The monoisotopic (exact) mass is 387 g/mol. The molecule has 18 heavy (non-hydrogen) atoms. The second-order valence-corrected chi connectivity index (χ2v) is 4.55. The summed E-state index contributed by atoms with van der Waals surface area (Å²) in [5.74, 6) is 0.261. The number of anilines is 1. The van der Waals surface area contributed by atoms with Gasteiger partial charge in [0.2, 0.25) is 5.91 Å². The number of ether oxygens (including phenoxy) is 1. The fourth-order valence-corrected chi connectivity index (χ4v) is 1.83. The summed E-state index contributed by atoms with van der Waals surface area (Å²) in [6.07, 6.45) is 1.74. The Morgan fingerprint density at radius 3 is 3.06 bits per heavy atom. The van der Waals surface area contributed by atoms with E-state index in [0.29, 0.717) is 22.9 Å². The van der Waals surface area contributed by atoms with Gasteiger partial charge in [0.1, 0.15) is 0 Å². The van der Waals surface area contributed by atoms with E-state index in [2.05, 4.69) is 47.2 Å². The standard InChI is InChI=1S/C8H10IN3O5S/c1-15-7-8(18-17-16-14)10-4-5(12-7)11-6(13)2-3-9/h4,14H,2-3H2,1H3,(H,11,12,13). The quantitative estimate of drug-likeness (QED) is 0.240. The first kappa shape index (κ1) is 15.4. The van der Waals surface area contributed by atoms with Crippen molar-refractivity contribution in [1.29, 1.82) is 0 Å². The van der Waals surface area contributed by atoms with Crippen molar-refractivity contribution in [1.82, 2.24) is 9.97 Å². The molecular weight excluding hydrogens is 377 g/mol. The van der Waals surface area contributed by atoms with Crippen molar-refractivity contribution in [2.75, 3.05) is 16.9 Å². The summed E-state index contributed by atoms with van der Waals surface area (Å²) in [5.41, 5.74) is 0. The van der Waals surface area contributed by atoms with E-state index in [0.717, 1.165) is 0 Å². The maximum Gasteiger partial charge on any atom is 0.251 e. The second kappa shape index (κ2) is 8.42. The molecule has 0 spiro atoms. The molecule has 1 aromatic heterocycles. The van der Waals surface area contributed by atoms with Gasteiger partial charge in [-0.3, -0.25) is 4.79 Å². The minimum absolute atomic E-state index is 0.143. The van der Waals surface area contributed by atoms with Crippen molar-refractivity contribution >= 4 is 46.4 Å². The summed E-state index contributed by atoms with van der Waals surface area (Å²) in [6.45, 7) is 0. The molecule has 0 bridgehead atoms. The SMILES string of the molecule is COc1nc(NC(=O)CCI)cnc1SOOO. The van der Waals surface area contributed by atoms with Crippen molar-refractivity contribution in [3.05, 3.63) is 6.20 Å². The van der Waals surface area contributed by atoms with Crippen molar-refractivity contribution in [2.45, 2.75) is 11.4 Å².